The first-order chi connectivity index (χ1) is 9.32. The lowest BCUT2D eigenvalue weighted by atomic mass is 9.83. The van der Waals surface area contributed by atoms with E-state index in [0.717, 1.165) is 38.1 Å². The quantitative estimate of drug-likeness (QED) is 0.871. The van der Waals surface area contributed by atoms with Gasteiger partial charge < -0.3 is 5.32 Å². The van der Waals surface area contributed by atoms with Gasteiger partial charge in [0.15, 0.2) is 0 Å². The average molecular weight is 357 g/mol. The zero-order chi connectivity index (χ0) is 14.8. The van der Waals surface area contributed by atoms with Crippen LogP contribution in [0.5, 0.6) is 0 Å². The molecule has 1 heterocycles. The van der Waals surface area contributed by atoms with Crippen molar-refractivity contribution in [1.82, 2.24) is 10.0 Å². The zero-order valence-corrected chi connectivity index (χ0v) is 14.0. The Morgan fingerprint density at radius 1 is 1.48 bits per heavy atom. The molecule has 1 aliphatic rings. The molecule has 1 aromatic rings. The molecule has 0 amide bonds. The van der Waals surface area contributed by atoms with Gasteiger partial charge in [-0.2, -0.15) is 0 Å². The van der Waals surface area contributed by atoms with Gasteiger partial charge in [0.05, 0.1) is 5.02 Å². The van der Waals surface area contributed by atoms with E-state index in [2.05, 4.69) is 10.0 Å². The van der Waals surface area contributed by atoms with Crippen molar-refractivity contribution in [3.8, 4) is 0 Å². The monoisotopic (exact) mass is 356 g/mol. The van der Waals surface area contributed by atoms with Gasteiger partial charge in [-0.05, 0) is 43.0 Å². The number of sulfonamides is 1. The predicted molar refractivity (Wildman–Crippen MR) is 84.1 cm³/mol. The van der Waals surface area contributed by atoms with Gasteiger partial charge in [-0.25, -0.2) is 17.5 Å². The van der Waals surface area contributed by atoms with E-state index in [1.165, 1.54) is 6.07 Å². The largest absolute Gasteiger partial charge is 0.316 e. The molecule has 1 aromatic carbocycles. The Balaban J connectivity index is 0.00000220. The summed E-state index contributed by atoms with van der Waals surface area (Å²) in [6.45, 7) is 4.04. The maximum absolute atomic E-state index is 13.2. The molecule has 2 N–H and O–H groups in total. The number of rotatable bonds is 4. The highest BCUT2D eigenvalue weighted by Crippen LogP contribution is 2.26. The molecule has 1 aliphatic heterocycles. The predicted octanol–water partition coefficient (Wildman–Crippen LogP) is 2.57. The first kappa shape index (κ1) is 18.6. The van der Waals surface area contributed by atoms with E-state index in [0.29, 0.717) is 6.54 Å². The molecule has 0 radical (unpaired) electrons. The maximum Gasteiger partial charge on any atom is 0.242 e. The minimum absolute atomic E-state index is 0. The van der Waals surface area contributed by atoms with E-state index in [4.69, 9.17) is 11.6 Å². The molecule has 0 aliphatic carbocycles. The van der Waals surface area contributed by atoms with Gasteiger partial charge in [0.1, 0.15) is 10.7 Å². The molecule has 21 heavy (non-hydrogen) atoms. The van der Waals surface area contributed by atoms with Gasteiger partial charge in [-0.15, -0.1) is 12.4 Å². The highest BCUT2D eigenvalue weighted by atomic mass is 35.5. The third-order valence-corrected chi connectivity index (χ3v) is 5.44. The summed E-state index contributed by atoms with van der Waals surface area (Å²) in [5.41, 5.74) is -0.134. The van der Waals surface area contributed by atoms with E-state index < -0.39 is 15.8 Å². The van der Waals surface area contributed by atoms with Gasteiger partial charge in [0, 0.05) is 13.1 Å². The van der Waals surface area contributed by atoms with Crippen molar-refractivity contribution in [2.45, 2.75) is 24.7 Å². The number of piperidine rings is 1. The van der Waals surface area contributed by atoms with Gasteiger partial charge >= 0.3 is 0 Å². The minimum Gasteiger partial charge on any atom is -0.316 e. The highest BCUT2D eigenvalue weighted by molar-refractivity contribution is 7.89. The number of hydrogen-bond donors (Lipinski definition) is 2. The van der Waals surface area contributed by atoms with Crippen LogP contribution in [0.3, 0.4) is 0 Å². The lowest BCUT2D eigenvalue weighted by molar-refractivity contribution is 0.238. The van der Waals surface area contributed by atoms with E-state index >= 15 is 0 Å². The van der Waals surface area contributed by atoms with Gasteiger partial charge in [-0.3, -0.25) is 0 Å². The molecule has 1 unspecified atom stereocenters. The molecule has 0 bridgehead atoms. The smallest absolute Gasteiger partial charge is 0.242 e. The van der Waals surface area contributed by atoms with Crippen LogP contribution in [0.4, 0.5) is 4.39 Å². The molecule has 1 fully saturated rings. The third kappa shape index (κ3) is 4.79. The molecule has 1 atom stereocenters. The van der Waals surface area contributed by atoms with E-state index in [1.54, 1.807) is 0 Å². The van der Waals surface area contributed by atoms with Crippen molar-refractivity contribution < 1.29 is 12.8 Å². The second-order valence-electron chi connectivity index (χ2n) is 5.49. The second-order valence-corrected chi connectivity index (χ2v) is 7.63. The van der Waals surface area contributed by atoms with Gasteiger partial charge in [0.25, 0.3) is 0 Å². The summed E-state index contributed by atoms with van der Waals surface area (Å²) in [5.74, 6) is -0.625. The summed E-state index contributed by atoms with van der Waals surface area (Å²) in [5, 5.41) is 3.27. The minimum atomic E-state index is -3.80. The number of nitrogens with one attached hydrogen (secondary N) is 2. The fourth-order valence-electron chi connectivity index (χ4n) is 2.30. The highest BCUT2D eigenvalue weighted by Gasteiger charge is 2.29. The topological polar surface area (TPSA) is 58.2 Å². The Hall–Kier alpha value is -0.400. The summed E-state index contributed by atoms with van der Waals surface area (Å²) in [6, 6.07) is 3.31. The SMILES string of the molecule is CC1(CNS(=O)(=O)c2cc(F)ccc2Cl)CCCNC1.Cl. The van der Waals surface area contributed by atoms with Crippen molar-refractivity contribution in [3.63, 3.8) is 0 Å². The fourth-order valence-corrected chi connectivity index (χ4v) is 4.01. The summed E-state index contributed by atoms with van der Waals surface area (Å²) >= 11 is 5.84. The van der Waals surface area contributed by atoms with Crippen molar-refractivity contribution in [2.24, 2.45) is 5.41 Å². The van der Waals surface area contributed by atoms with Crippen LogP contribution in [0.1, 0.15) is 19.8 Å². The Bertz CT molecular complexity index is 590. The van der Waals surface area contributed by atoms with Gasteiger partial charge in [0.2, 0.25) is 10.0 Å². The summed E-state index contributed by atoms with van der Waals surface area (Å²) in [6.07, 6.45) is 1.96. The summed E-state index contributed by atoms with van der Waals surface area (Å²) < 4.78 is 40.1. The molecule has 0 saturated carbocycles. The Labute approximate surface area is 135 Å². The lowest BCUT2D eigenvalue weighted by Crippen LogP contribution is -2.45. The van der Waals surface area contributed by atoms with Crippen LogP contribution in [0.2, 0.25) is 5.02 Å². The van der Waals surface area contributed by atoms with Crippen LogP contribution in [-0.4, -0.2) is 28.1 Å². The molecule has 2 rings (SSSR count). The van der Waals surface area contributed by atoms with Crippen LogP contribution in [-0.2, 0) is 10.0 Å². The van der Waals surface area contributed by atoms with Crippen LogP contribution in [0.15, 0.2) is 23.1 Å². The maximum atomic E-state index is 13.2. The summed E-state index contributed by atoms with van der Waals surface area (Å²) in [4.78, 5) is -0.216. The second kappa shape index (κ2) is 7.24. The Morgan fingerprint density at radius 3 is 2.81 bits per heavy atom. The van der Waals surface area contributed by atoms with E-state index in [-0.39, 0.29) is 27.7 Å². The summed E-state index contributed by atoms with van der Waals surface area (Å²) in [7, 11) is -3.80. The third-order valence-electron chi connectivity index (χ3n) is 3.56. The van der Waals surface area contributed by atoms with Crippen LogP contribution in [0.25, 0.3) is 0 Å². The molecular weight excluding hydrogens is 338 g/mol. The van der Waals surface area contributed by atoms with Crippen molar-refractivity contribution >= 4 is 34.0 Å². The van der Waals surface area contributed by atoms with Crippen molar-refractivity contribution in [1.29, 1.82) is 0 Å². The molecule has 120 valence electrons. The number of halogens is 3. The molecule has 0 spiro atoms. The molecule has 0 aromatic heterocycles. The van der Waals surface area contributed by atoms with E-state index in [1.807, 2.05) is 6.92 Å². The zero-order valence-electron chi connectivity index (χ0n) is 11.7. The van der Waals surface area contributed by atoms with E-state index in [9.17, 15) is 12.8 Å². The van der Waals surface area contributed by atoms with Crippen molar-refractivity contribution in [3.05, 3.63) is 29.0 Å². The molecule has 8 heteroatoms. The Morgan fingerprint density at radius 2 is 2.19 bits per heavy atom. The number of benzene rings is 1. The molecule has 4 nitrogen and oxygen atoms in total. The van der Waals surface area contributed by atoms with Crippen LogP contribution in [0, 0.1) is 11.2 Å². The van der Waals surface area contributed by atoms with Crippen molar-refractivity contribution in [2.75, 3.05) is 19.6 Å². The first-order valence-electron chi connectivity index (χ1n) is 6.48. The van der Waals surface area contributed by atoms with Crippen LogP contribution < -0.4 is 10.0 Å². The first-order valence-corrected chi connectivity index (χ1v) is 8.34. The van der Waals surface area contributed by atoms with Crippen LogP contribution >= 0.6 is 24.0 Å². The number of hydrogen-bond acceptors (Lipinski definition) is 3. The fraction of sp³-hybridized carbons (Fsp3) is 0.538. The molecular formula is C13H19Cl2FN2O2S. The molecule has 1 saturated heterocycles. The standard InChI is InChI=1S/C13H18ClFN2O2S.ClH/c1-13(5-2-6-16-8-13)9-17-20(18,19)12-7-10(15)3-4-11(12)14;/h3-4,7,16-17H,2,5-6,8-9H2,1H3;1H. The Kier molecular flexibility index (Phi) is 6.43. The lowest BCUT2D eigenvalue weighted by Gasteiger charge is -2.34. The average Bonchev–Trinajstić information content (AvgIpc) is 2.40. The normalized spacial score (nSPS) is 22.6. The van der Waals surface area contributed by atoms with Gasteiger partial charge in [-0.1, -0.05) is 18.5 Å².